The number of carbonyl (C=O) groups is 2. The standard InChI is InChI=1S/C28H35NO4/c1-28(2,3)19-14-12-18(13-15-19)25(16-26(30)31)29-27(32)33-17-24-22-10-6-4-8-20(22)21-9-5-7-11-23(21)24/h4-11,18-19,24-25H,12-17H2,1-3H3,(H,29,32)(H,30,31). The van der Waals surface area contributed by atoms with Crippen LogP contribution in [0.5, 0.6) is 0 Å². The number of amides is 1. The predicted octanol–water partition coefficient (Wildman–Crippen LogP) is 6.22. The fourth-order valence-corrected chi connectivity index (χ4v) is 5.70. The lowest BCUT2D eigenvalue weighted by molar-refractivity contribution is -0.138. The number of nitrogens with one attached hydrogen (secondary N) is 1. The minimum atomic E-state index is -0.892. The van der Waals surface area contributed by atoms with Gasteiger partial charge in [0, 0.05) is 12.0 Å². The highest BCUT2D eigenvalue weighted by Gasteiger charge is 2.35. The van der Waals surface area contributed by atoms with Gasteiger partial charge < -0.3 is 15.2 Å². The summed E-state index contributed by atoms with van der Waals surface area (Å²) in [5.41, 5.74) is 4.94. The van der Waals surface area contributed by atoms with E-state index in [1.54, 1.807) is 0 Å². The van der Waals surface area contributed by atoms with Crippen molar-refractivity contribution in [3.63, 3.8) is 0 Å². The van der Waals surface area contributed by atoms with E-state index in [2.05, 4.69) is 50.4 Å². The third-order valence-electron chi connectivity index (χ3n) is 7.61. The van der Waals surface area contributed by atoms with Gasteiger partial charge in [-0.2, -0.15) is 0 Å². The third-order valence-corrected chi connectivity index (χ3v) is 7.61. The Balaban J connectivity index is 1.39. The van der Waals surface area contributed by atoms with Gasteiger partial charge in [0.15, 0.2) is 0 Å². The highest BCUT2D eigenvalue weighted by Crippen LogP contribution is 2.44. The number of hydrogen-bond donors (Lipinski definition) is 2. The van der Waals surface area contributed by atoms with Crippen molar-refractivity contribution in [1.82, 2.24) is 5.32 Å². The molecule has 2 aromatic rings. The average molecular weight is 450 g/mol. The van der Waals surface area contributed by atoms with Gasteiger partial charge in [0.05, 0.1) is 6.42 Å². The highest BCUT2D eigenvalue weighted by molar-refractivity contribution is 5.79. The molecule has 1 unspecified atom stereocenters. The van der Waals surface area contributed by atoms with Crippen LogP contribution in [0.25, 0.3) is 11.1 Å². The molecule has 0 bridgehead atoms. The number of benzene rings is 2. The van der Waals surface area contributed by atoms with E-state index in [1.165, 1.54) is 11.1 Å². The van der Waals surface area contributed by atoms with Gasteiger partial charge in [0.1, 0.15) is 6.61 Å². The van der Waals surface area contributed by atoms with Crippen LogP contribution < -0.4 is 5.32 Å². The summed E-state index contributed by atoms with van der Waals surface area (Å²) in [5, 5.41) is 12.3. The Kier molecular flexibility index (Phi) is 6.78. The first-order valence-corrected chi connectivity index (χ1v) is 12.1. The molecule has 0 radical (unpaired) electrons. The van der Waals surface area contributed by atoms with E-state index >= 15 is 0 Å². The fraction of sp³-hybridized carbons (Fsp3) is 0.500. The summed E-state index contributed by atoms with van der Waals surface area (Å²) in [7, 11) is 0. The maximum atomic E-state index is 12.8. The van der Waals surface area contributed by atoms with Gasteiger partial charge >= 0.3 is 12.1 Å². The van der Waals surface area contributed by atoms with E-state index in [4.69, 9.17) is 4.74 Å². The molecule has 2 N–H and O–H groups in total. The van der Waals surface area contributed by atoms with Gasteiger partial charge in [-0.15, -0.1) is 0 Å². The van der Waals surface area contributed by atoms with Gasteiger partial charge in [0.2, 0.25) is 0 Å². The SMILES string of the molecule is CC(C)(C)C1CCC(C(CC(=O)O)NC(=O)OCC2c3ccccc3-c3ccccc32)CC1. The molecule has 1 fully saturated rings. The number of fused-ring (bicyclic) bond motifs is 3. The normalized spacial score (nSPS) is 21.1. The lowest BCUT2D eigenvalue weighted by atomic mass is 9.68. The zero-order chi connectivity index (χ0) is 23.6. The van der Waals surface area contributed by atoms with Crippen LogP contribution in [0, 0.1) is 17.3 Å². The van der Waals surface area contributed by atoms with Crippen LogP contribution in [0.4, 0.5) is 4.79 Å². The number of carbonyl (C=O) groups excluding carboxylic acids is 1. The molecule has 0 spiro atoms. The van der Waals surface area contributed by atoms with Crippen molar-refractivity contribution in [3.8, 4) is 11.1 Å². The molecule has 0 heterocycles. The summed E-state index contributed by atoms with van der Waals surface area (Å²) in [6.45, 7) is 7.03. The number of rotatable bonds is 6. The van der Waals surface area contributed by atoms with Gasteiger partial charge in [0.25, 0.3) is 0 Å². The molecule has 1 amide bonds. The number of alkyl carbamates (subject to hydrolysis) is 1. The smallest absolute Gasteiger partial charge is 0.407 e. The number of carboxylic acids is 1. The van der Waals surface area contributed by atoms with E-state index in [-0.39, 0.29) is 30.3 Å². The number of hydrogen-bond acceptors (Lipinski definition) is 3. The summed E-state index contributed by atoms with van der Waals surface area (Å²) < 4.78 is 5.67. The molecule has 176 valence electrons. The summed E-state index contributed by atoms with van der Waals surface area (Å²) >= 11 is 0. The Hall–Kier alpha value is -2.82. The van der Waals surface area contributed by atoms with Crippen LogP contribution in [0.2, 0.25) is 0 Å². The van der Waals surface area contributed by atoms with Crippen molar-refractivity contribution in [2.75, 3.05) is 6.61 Å². The minimum absolute atomic E-state index is 0.0108. The molecule has 4 rings (SSSR count). The molecule has 5 heteroatoms. The highest BCUT2D eigenvalue weighted by atomic mass is 16.5. The molecule has 2 aliphatic rings. The van der Waals surface area contributed by atoms with Crippen LogP contribution in [-0.4, -0.2) is 29.8 Å². The average Bonchev–Trinajstić information content (AvgIpc) is 3.10. The topological polar surface area (TPSA) is 75.6 Å². The first-order valence-electron chi connectivity index (χ1n) is 12.1. The van der Waals surface area contributed by atoms with Crippen molar-refractivity contribution in [3.05, 3.63) is 59.7 Å². The molecule has 2 aliphatic carbocycles. The minimum Gasteiger partial charge on any atom is -0.481 e. The number of ether oxygens (including phenoxy) is 1. The summed E-state index contributed by atoms with van der Waals surface area (Å²) in [6.07, 6.45) is 3.40. The van der Waals surface area contributed by atoms with Crippen molar-refractivity contribution >= 4 is 12.1 Å². The summed E-state index contributed by atoms with van der Waals surface area (Å²) in [5.74, 6) is -0.103. The molecule has 1 saturated carbocycles. The molecule has 0 aliphatic heterocycles. The van der Waals surface area contributed by atoms with Gasteiger partial charge in [-0.25, -0.2) is 4.79 Å². The molecule has 5 nitrogen and oxygen atoms in total. The second kappa shape index (κ2) is 9.58. The Morgan fingerprint density at radius 2 is 1.52 bits per heavy atom. The van der Waals surface area contributed by atoms with E-state index in [0.717, 1.165) is 36.8 Å². The Labute approximate surface area is 196 Å². The molecule has 0 aromatic heterocycles. The number of carboxylic acid groups (broad SMARTS) is 1. The summed E-state index contributed by atoms with van der Waals surface area (Å²) in [4.78, 5) is 24.3. The maximum Gasteiger partial charge on any atom is 0.407 e. The Morgan fingerprint density at radius 1 is 0.970 bits per heavy atom. The largest absolute Gasteiger partial charge is 0.481 e. The zero-order valence-electron chi connectivity index (χ0n) is 19.8. The van der Waals surface area contributed by atoms with Crippen LogP contribution in [0.15, 0.2) is 48.5 Å². The molecule has 33 heavy (non-hydrogen) atoms. The number of aliphatic carboxylic acids is 1. The van der Waals surface area contributed by atoms with Gasteiger partial charge in [-0.05, 0) is 65.2 Å². The zero-order valence-corrected chi connectivity index (χ0v) is 19.8. The van der Waals surface area contributed by atoms with E-state index in [9.17, 15) is 14.7 Å². The second-order valence-corrected chi connectivity index (χ2v) is 10.7. The van der Waals surface area contributed by atoms with E-state index in [1.807, 2.05) is 24.3 Å². The summed E-state index contributed by atoms with van der Waals surface area (Å²) in [6, 6.07) is 16.0. The first kappa shape index (κ1) is 23.3. The molecular formula is C28H35NO4. The van der Waals surface area contributed by atoms with Crippen molar-refractivity contribution in [2.24, 2.45) is 17.3 Å². The molecular weight excluding hydrogens is 414 g/mol. The van der Waals surface area contributed by atoms with Crippen molar-refractivity contribution in [1.29, 1.82) is 0 Å². The first-order chi connectivity index (χ1) is 15.7. The van der Waals surface area contributed by atoms with Crippen molar-refractivity contribution < 1.29 is 19.4 Å². The Morgan fingerprint density at radius 3 is 2.03 bits per heavy atom. The van der Waals surface area contributed by atoms with Crippen LogP contribution >= 0.6 is 0 Å². The third kappa shape index (κ3) is 5.23. The fourth-order valence-electron chi connectivity index (χ4n) is 5.70. The molecule has 2 aromatic carbocycles. The monoisotopic (exact) mass is 449 g/mol. The molecule has 1 atom stereocenters. The lowest BCUT2D eigenvalue weighted by Crippen LogP contribution is -2.44. The Bertz CT molecular complexity index is 955. The lowest BCUT2D eigenvalue weighted by Gasteiger charge is -2.39. The predicted molar refractivity (Wildman–Crippen MR) is 129 cm³/mol. The van der Waals surface area contributed by atoms with E-state index < -0.39 is 18.1 Å². The molecule has 0 saturated heterocycles. The van der Waals surface area contributed by atoms with Gasteiger partial charge in [-0.3, -0.25) is 4.79 Å². The maximum absolute atomic E-state index is 12.8. The van der Waals surface area contributed by atoms with Crippen molar-refractivity contribution in [2.45, 2.75) is 64.8 Å². The van der Waals surface area contributed by atoms with Gasteiger partial charge in [-0.1, -0.05) is 69.3 Å². The quantitative estimate of drug-likeness (QED) is 0.549. The van der Waals surface area contributed by atoms with E-state index in [0.29, 0.717) is 5.92 Å². The second-order valence-electron chi connectivity index (χ2n) is 10.7. The van der Waals surface area contributed by atoms with Crippen LogP contribution in [0.3, 0.4) is 0 Å². The van der Waals surface area contributed by atoms with Crippen LogP contribution in [-0.2, 0) is 9.53 Å². The van der Waals surface area contributed by atoms with Crippen LogP contribution in [0.1, 0.15) is 69.9 Å².